The first-order chi connectivity index (χ1) is 8.60. The molecule has 0 spiro atoms. The number of hydrogen-bond acceptors (Lipinski definition) is 4. The second kappa shape index (κ2) is 5.50. The average molecular weight is 261 g/mol. The second-order valence-electron chi connectivity index (χ2n) is 4.55. The highest BCUT2D eigenvalue weighted by Crippen LogP contribution is 2.23. The molecule has 0 amide bonds. The number of nitrogens with two attached hydrogens (primary N) is 1. The molecule has 1 aromatic heterocycles. The monoisotopic (exact) mass is 261 g/mol. The first-order valence-corrected chi connectivity index (χ1v) is 6.90. The van der Waals surface area contributed by atoms with Gasteiger partial charge in [0.1, 0.15) is 0 Å². The van der Waals surface area contributed by atoms with Gasteiger partial charge in [-0.25, -0.2) is 4.98 Å². The van der Waals surface area contributed by atoms with Gasteiger partial charge in [0.25, 0.3) is 0 Å². The Balaban J connectivity index is 2.22. The van der Waals surface area contributed by atoms with Gasteiger partial charge in [-0.3, -0.25) is 0 Å². The van der Waals surface area contributed by atoms with E-state index >= 15 is 0 Å². The minimum absolute atomic E-state index is 0.566. The smallest absolute Gasteiger partial charge is 0.0898 e. The predicted octanol–water partition coefficient (Wildman–Crippen LogP) is 2.86. The van der Waals surface area contributed by atoms with Crippen molar-refractivity contribution < 1.29 is 0 Å². The largest absolute Gasteiger partial charge is 0.368 e. The van der Waals surface area contributed by atoms with Crippen LogP contribution >= 0.6 is 11.3 Å². The van der Waals surface area contributed by atoms with Crippen LogP contribution in [0.2, 0.25) is 0 Å². The molecule has 18 heavy (non-hydrogen) atoms. The minimum atomic E-state index is 0.566. The Morgan fingerprint density at radius 2 is 2.11 bits per heavy atom. The van der Waals surface area contributed by atoms with Crippen molar-refractivity contribution in [2.75, 3.05) is 11.9 Å². The molecule has 0 atom stereocenters. The number of aromatic nitrogens is 1. The third kappa shape index (κ3) is 2.89. The predicted molar refractivity (Wildman–Crippen MR) is 78.0 cm³/mol. The van der Waals surface area contributed by atoms with Crippen LogP contribution in [-0.2, 0) is 13.1 Å². The number of rotatable bonds is 4. The molecular weight excluding hydrogens is 242 g/mol. The van der Waals surface area contributed by atoms with Crippen LogP contribution < -0.4 is 10.6 Å². The van der Waals surface area contributed by atoms with E-state index in [1.54, 1.807) is 11.3 Å². The first kappa shape index (κ1) is 13.1. The van der Waals surface area contributed by atoms with Crippen LogP contribution in [0.3, 0.4) is 0 Å². The standard InChI is InChI=1S/C14H19N3S/c1-10-4-5-12(7-15)14(6-10)17(3)8-13-9-18-11(2)16-13/h4-6,9H,7-8,15H2,1-3H3. The van der Waals surface area contributed by atoms with Crippen molar-refractivity contribution in [3.8, 4) is 0 Å². The zero-order chi connectivity index (χ0) is 13.1. The lowest BCUT2D eigenvalue weighted by molar-refractivity contribution is 0.875. The fourth-order valence-electron chi connectivity index (χ4n) is 2.01. The lowest BCUT2D eigenvalue weighted by Gasteiger charge is -2.21. The quantitative estimate of drug-likeness (QED) is 0.920. The molecule has 0 bridgehead atoms. The summed E-state index contributed by atoms with van der Waals surface area (Å²) in [6.45, 7) is 5.52. The molecule has 96 valence electrons. The van der Waals surface area contributed by atoms with Crippen LogP contribution in [0.25, 0.3) is 0 Å². The molecule has 0 fully saturated rings. The summed E-state index contributed by atoms with van der Waals surface area (Å²) in [5.74, 6) is 0. The second-order valence-corrected chi connectivity index (χ2v) is 5.61. The molecule has 0 unspecified atom stereocenters. The van der Waals surface area contributed by atoms with Crippen LogP contribution in [0.1, 0.15) is 21.8 Å². The summed E-state index contributed by atoms with van der Waals surface area (Å²) in [6.07, 6.45) is 0. The van der Waals surface area contributed by atoms with Crippen LogP contribution in [0.15, 0.2) is 23.6 Å². The molecular formula is C14H19N3S. The molecule has 0 saturated carbocycles. The fourth-order valence-corrected chi connectivity index (χ4v) is 2.61. The molecule has 1 heterocycles. The SMILES string of the molecule is Cc1ccc(CN)c(N(C)Cc2csc(C)n2)c1. The number of thiazole rings is 1. The van der Waals surface area contributed by atoms with Gasteiger partial charge in [0.2, 0.25) is 0 Å². The molecule has 0 saturated heterocycles. The highest BCUT2D eigenvalue weighted by molar-refractivity contribution is 7.09. The normalized spacial score (nSPS) is 10.7. The number of nitrogens with zero attached hydrogens (tertiary/aromatic N) is 2. The van der Waals surface area contributed by atoms with Crippen LogP contribution in [0, 0.1) is 13.8 Å². The Morgan fingerprint density at radius 3 is 2.72 bits per heavy atom. The van der Waals surface area contributed by atoms with Crippen LogP contribution in [0.4, 0.5) is 5.69 Å². The Bertz CT molecular complexity index is 534. The Morgan fingerprint density at radius 1 is 1.33 bits per heavy atom. The maximum absolute atomic E-state index is 5.80. The number of anilines is 1. The van der Waals surface area contributed by atoms with Gasteiger partial charge in [-0.05, 0) is 31.0 Å². The zero-order valence-corrected chi connectivity index (χ0v) is 11.9. The van der Waals surface area contributed by atoms with E-state index in [4.69, 9.17) is 5.73 Å². The van der Waals surface area contributed by atoms with E-state index < -0.39 is 0 Å². The van der Waals surface area contributed by atoms with Crippen molar-refractivity contribution in [1.82, 2.24) is 4.98 Å². The maximum atomic E-state index is 5.80. The average Bonchev–Trinajstić information content (AvgIpc) is 2.74. The molecule has 0 aliphatic carbocycles. The summed E-state index contributed by atoms with van der Waals surface area (Å²) < 4.78 is 0. The van der Waals surface area contributed by atoms with E-state index in [9.17, 15) is 0 Å². The van der Waals surface area contributed by atoms with Gasteiger partial charge < -0.3 is 10.6 Å². The van der Waals surface area contributed by atoms with Gasteiger partial charge in [0, 0.05) is 24.7 Å². The van der Waals surface area contributed by atoms with Crippen molar-refractivity contribution in [3.05, 3.63) is 45.4 Å². The molecule has 1 aromatic carbocycles. The van der Waals surface area contributed by atoms with Crippen molar-refractivity contribution in [2.24, 2.45) is 5.73 Å². The Kier molecular flexibility index (Phi) is 3.99. The third-order valence-corrected chi connectivity index (χ3v) is 3.76. The Labute approximate surface area is 112 Å². The highest BCUT2D eigenvalue weighted by atomic mass is 32.1. The molecule has 0 aliphatic rings. The fraction of sp³-hybridized carbons (Fsp3) is 0.357. The number of aryl methyl sites for hydroxylation is 2. The summed E-state index contributed by atoms with van der Waals surface area (Å²) in [5.41, 5.74) is 10.5. The number of benzene rings is 1. The van der Waals surface area contributed by atoms with E-state index in [1.165, 1.54) is 16.8 Å². The summed E-state index contributed by atoms with van der Waals surface area (Å²) in [7, 11) is 2.09. The van der Waals surface area contributed by atoms with E-state index in [0.29, 0.717) is 6.54 Å². The van der Waals surface area contributed by atoms with Crippen LogP contribution in [0.5, 0.6) is 0 Å². The minimum Gasteiger partial charge on any atom is -0.368 e. The Hall–Kier alpha value is -1.39. The first-order valence-electron chi connectivity index (χ1n) is 6.02. The van der Waals surface area contributed by atoms with Crippen LogP contribution in [-0.4, -0.2) is 12.0 Å². The molecule has 4 heteroatoms. The molecule has 2 aromatic rings. The summed E-state index contributed by atoms with van der Waals surface area (Å²) >= 11 is 1.69. The van der Waals surface area contributed by atoms with Gasteiger partial charge in [-0.2, -0.15) is 0 Å². The van der Waals surface area contributed by atoms with Gasteiger partial charge in [0.15, 0.2) is 0 Å². The van der Waals surface area contributed by atoms with Crippen molar-refractivity contribution in [1.29, 1.82) is 0 Å². The highest BCUT2D eigenvalue weighted by Gasteiger charge is 2.09. The van der Waals surface area contributed by atoms with Gasteiger partial charge >= 0.3 is 0 Å². The van der Waals surface area contributed by atoms with E-state index in [0.717, 1.165) is 17.2 Å². The zero-order valence-electron chi connectivity index (χ0n) is 11.1. The van der Waals surface area contributed by atoms with Gasteiger partial charge in [-0.15, -0.1) is 11.3 Å². The topological polar surface area (TPSA) is 42.1 Å². The van der Waals surface area contributed by atoms with Crippen molar-refractivity contribution in [2.45, 2.75) is 26.9 Å². The van der Waals surface area contributed by atoms with E-state index in [2.05, 4.69) is 47.4 Å². The summed E-state index contributed by atoms with van der Waals surface area (Å²) in [4.78, 5) is 6.71. The molecule has 2 rings (SSSR count). The van der Waals surface area contributed by atoms with Gasteiger partial charge in [-0.1, -0.05) is 12.1 Å². The van der Waals surface area contributed by atoms with Crippen molar-refractivity contribution in [3.63, 3.8) is 0 Å². The third-order valence-electron chi connectivity index (χ3n) is 2.94. The van der Waals surface area contributed by atoms with Crippen molar-refractivity contribution >= 4 is 17.0 Å². The lowest BCUT2D eigenvalue weighted by Crippen LogP contribution is -2.19. The molecule has 2 N–H and O–H groups in total. The maximum Gasteiger partial charge on any atom is 0.0898 e. The molecule has 0 radical (unpaired) electrons. The lowest BCUT2D eigenvalue weighted by atomic mass is 10.1. The summed E-state index contributed by atoms with van der Waals surface area (Å²) in [5, 5.41) is 3.23. The number of hydrogen-bond donors (Lipinski definition) is 1. The van der Waals surface area contributed by atoms with E-state index in [-0.39, 0.29) is 0 Å². The van der Waals surface area contributed by atoms with E-state index in [1.807, 2.05) is 6.92 Å². The van der Waals surface area contributed by atoms with Gasteiger partial charge in [0.05, 0.1) is 17.2 Å². The molecule has 0 aliphatic heterocycles. The summed E-state index contributed by atoms with van der Waals surface area (Å²) in [6, 6.07) is 6.39. The molecule has 3 nitrogen and oxygen atoms in total.